The molecular formula is C24H29N5O5. The van der Waals surface area contributed by atoms with Gasteiger partial charge in [-0.25, -0.2) is 0 Å². The Labute approximate surface area is 197 Å². The molecule has 0 aliphatic carbocycles. The third kappa shape index (κ3) is 4.80. The van der Waals surface area contributed by atoms with Crippen LogP contribution in [0, 0.1) is 5.92 Å². The van der Waals surface area contributed by atoms with E-state index in [9.17, 15) is 19.2 Å². The molecule has 3 N–H and O–H groups in total. The summed E-state index contributed by atoms with van der Waals surface area (Å²) in [6.07, 6.45) is 1.75. The molecule has 0 radical (unpaired) electrons. The topological polar surface area (TPSA) is 133 Å². The van der Waals surface area contributed by atoms with Crippen molar-refractivity contribution in [3.63, 3.8) is 0 Å². The van der Waals surface area contributed by atoms with E-state index >= 15 is 0 Å². The molecule has 34 heavy (non-hydrogen) atoms. The molecule has 10 nitrogen and oxygen atoms in total. The van der Waals surface area contributed by atoms with E-state index in [4.69, 9.17) is 4.74 Å². The first kappa shape index (κ1) is 23.5. The van der Waals surface area contributed by atoms with Gasteiger partial charge in [-0.3, -0.25) is 24.2 Å². The van der Waals surface area contributed by atoms with E-state index in [1.807, 2.05) is 30.0 Å². The van der Waals surface area contributed by atoms with Gasteiger partial charge in [0, 0.05) is 25.2 Å². The number of amides is 2. The lowest BCUT2D eigenvalue weighted by Gasteiger charge is -2.32. The number of aryl methyl sites for hydroxylation is 1. The second-order valence-corrected chi connectivity index (χ2v) is 8.47. The second-order valence-electron chi connectivity index (χ2n) is 8.47. The number of aromatic amines is 1. The van der Waals surface area contributed by atoms with Crippen LogP contribution in [0.3, 0.4) is 0 Å². The Bertz CT molecular complexity index is 1150. The van der Waals surface area contributed by atoms with Gasteiger partial charge in [-0.15, -0.1) is 0 Å². The quantitative estimate of drug-likeness (QED) is 0.555. The van der Waals surface area contributed by atoms with Crippen molar-refractivity contribution < 1.29 is 19.1 Å². The van der Waals surface area contributed by atoms with Gasteiger partial charge in [0.1, 0.15) is 5.82 Å². The van der Waals surface area contributed by atoms with E-state index in [1.54, 1.807) is 13.0 Å². The maximum atomic E-state index is 13.1. The molecule has 0 unspecified atom stereocenters. The Morgan fingerprint density at radius 3 is 2.62 bits per heavy atom. The van der Waals surface area contributed by atoms with Gasteiger partial charge in [0.25, 0.3) is 5.56 Å². The molecule has 180 valence electrons. The summed E-state index contributed by atoms with van der Waals surface area (Å²) in [5.41, 5.74) is 1.31. The number of nitrogens with one attached hydrogen (secondary N) is 3. The van der Waals surface area contributed by atoms with E-state index in [1.165, 1.54) is 0 Å². The summed E-state index contributed by atoms with van der Waals surface area (Å²) < 4.78 is 5.10. The molecule has 2 amide bonds. The smallest absolute Gasteiger partial charge is 0.309 e. The van der Waals surface area contributed by atoms with Crippen molar-refractivity contribution >= 4 is 35.2 Å². The van der Waals surface area contributed by atoms with E-state index in [2.05, 4.69) is 20.6 Å². The van der Waals surface area contributed by atoms with Gasteiger partial charge in [-0.2, -0.15) is 4.98 Å². The summed E-state index contributed by atoms with van der Waals surface area (Å²) in [4.78, 5) is 59.7. The number of nitrogens with zero attached hydrogens (tertiary/aromatic N) is 2. The Balaban J connectivity index is 1.55. The molecule has 4 rings (SSSR count). The highest BCUT2D eigenvalue weighted by Crippen LogP contribution is 2.31. The molecule has 2 aromatic rings. The zero-order valence-electron chi connectivity index (χ0n) is 19.3. The standard InChI is InChI=1S/C24H29N5O5/c1-3-14-7-5-6-8-17(14)25-21(31)16-13-18(30)26-20-19(16)22(32)28-24(27-20)29-11-9-15(10-12-29)23(33)34-4-2/h5-8,15-16H,3-4,9-13H2,1-2H3,(H,25,31)(H2,26,27,28,30,32)/t16-/m0/s1. The fourth-order valence-electron chi connectivity index (χ4n) is 4.49. The first-order chi connectivity index (χ1) is 16.4. The van der Waals surface area contributed by atoms with Gasteiger partial charge < -0.3 is 20.3 Å². The number of esters is 1. The van der Waals surface area contributed by atoms with Crippen molar-refractivity contribution in [1.29, 1.82) is 0 Å². The Kier molecular flexibility index (Phi) is 6.95. The Morgan fingerprint density at radius 2 is 1.91 bits per heavy atom. The number of rotatable bonds is 6. The average molecular weight is 468 g/mol. The number of benzene rings is 1. The fraction of sp³-hybridized carbons (Fsp3) is 0.458. The summed E-state index contributed by atoms with van der Waals surface area (Å²) in [5.74, 6) is -1.73. The predicted molar refractivity (Wildman–Crippen MR) is 127 cm³/mol. The van der Waals surface area contributed by atoms with Crippen LogP contribution in [0.2, 0.25) is 0 Å². The SMILES string of the molecule is CCOC(=O)C1CCN(c2nc3c(c(=O)[nH]2)[C@@H](C(=O)Nc2ccccc2CC)CC(=O)N3)CC1. The van der Waals surface area contributed by atoms with Crippen molar-refractivity contribution in [2.75, 3.05) is 35.2 Å². The zero-order valence-corrected chi connectivity index (χ0v) is 19.3. The number of anilines is 3. The van der Waals surface area contributed by atoms with Crippen LogP contribution < -0.4 is 21.1 Å². The normalized spacial score (nSPS) is 18.1. The third-order valence-electron chi connectivity index (χ3n) is 6.33. The number of fused-ring (bicyclic) bond motifs is 1. The molecule has 1 fully saturated rings. The van der Waals surface area contributed by atoms with E-state index in [0.29, 0.717) is 44.2 Å². The fourth-order valence-corrected chi connectivity index (χ4v) is 4.49. The first-order valence-corrected chi connectivity index (χ1v) is 11.7. The summed E-state index contributed by atoms with van der Waals surface area (Å²) in [5, 5.41) is 5.51. The lowest BCUT2D eigenvalue weighted by atomic mass is 9.92. The summed E-state index contributed by atoms with van der Waals surface area (Å²) in [7, 11) is 0. The van der Waals surface area contributed by atoms with Gasteiger partial charge in [0.05, 0.1) is 24.0 Å². The number of carbonyl (C=O) groups is 3. The van der Waals surface area contributed by atoms with Crippen LogP contribution in [0.4, 0.5) is 17.5 Å². The monoisotopic (exact) mass is 467 g/mol. The third-order valence-corrected chi connectivity index (χ3v) is 6.33. The van der Waals surface area contributed by atoms with Gasteiger partial charge >= 0.3 is 5.97 Å². The molecule has 0 saturated carbocycles. The van der Waals surface area contributed by atoms with Crippen LogP contribution in [0.25, 0.3) is 0 Å². The average Bonchev–Trinajstić information content (AvgIpc) is 2.83. The van der Waals surface area contributed by atoms with Crippen LogP contribution in [0.5, 0.6) is 0 Å². The van der Waals surface area contributed by atoms with Crippen molar-refractivity contribution in [1.82, 2.24) is 9.97 Å². The van der Waals surface area contributed by atoms with Crippen LogP contribution in [-0.4, -0.2) is 47.4 Å². The number of piperidine rings is 1. The van der Waals surface area contributed by atoms with Crippen molar-refractivity contribution in [2.24, 2.45) is 5.92 Å². The molecule has 1 atom stereocenters. The van der Waals surface area contributed by atoms with Crippen LogP contribution in [0.1, 0.15) is 50.2 Å². The molecule has 10 heteroatoms. The van der Waals surface area contributed by atoms with E-state index in [-0.39, 0.29) is 35.6 Å². The lowest BCUT2D eigenvalue weighted by molar-refractivity contribution is -0.148. The molecule has 2 aliphatic rings. The van der Waals surface area contributed by atoms with Gasteiger partial charge in [-0.1, -0.05) is 25.1 Å². The van der Waals surface area contributed by atoms with Crippen LogP contribution in [0.15, 0.2) is 29.1 Å². The van der Waals surface area contributed by atoms with Gasteiger partial charge in [0.2, 0.25) is 17.8 Å². The van der Waals surface area contributed by atoms with Crippen molar-refractivity contribution in [3.8, 4) is 0 Å². The highest BCUT2D eigenvalue weighted by atomic mass is 16.5. The van der Waals surface area contributed by atoms with Gasteiger partial charge in [0.15, 0.2) is 0 Å². The zero-order chi connectivity index (χ0) is 24.2. The summed E-state index contributed by atoms with van der Waals surface area (Å²) in [6, 6.07) is 7.43. The van der Waals surface area contributed by atoms with Crippen molar-refractivity contribution in [2.45, 2.75) is 45.4 Å². The second kappa shape index (κ2) is 10.1. The summed E-state index contributed by atoms with van der Waals surface area (Å²) in [6.45, 7) is 5.13. The molecular weight excluding hydrogens is 438 g/mol. The Hall–Kier alpha value is -3.69. The highest BCUT2D eigenvalue weighted by Gasteiger charge is 2.36. The minimum atomic E-state index is -0.950. The maximum Gasteiger partial charge on any atom is 0.309 e. The minimum absolute atomic E-state index is 0.103. The molecule has 3 heterocycles. The molecule has 2 aliphatic heterocycles. The number of hydrogen-bond donors (Lipinski definition) is 3. The van der Waals surface area contributed by atoms with Crippen LogP contribution in [-0.2, 0) is 25.5 Å². The number of hydrogen-bond acceptors (Lipinski definition) is 7. The largest absolute Gasteiger partial charge is 0.466 e. The minimum Gasteiger partial charge on any atom is -0.466 e. The molecule has 0 spiro atoms. The number of carbonyl (C=O) groups excluding carboxylic acids is 3. The van der Waals surface area contributed by atoms with E-state index < -0.39 is 17.4 Å². The van der Waals surface area contributed by atoms with Crippen LogP contribution >= 0.6 is 0 Å². The lowest BCUT2D eigenvalue weighted by Crippen LogP contribution is -2.41. The van der Waals surface area contributed by atoms with Crippen molar-refractivity contribution in [3.05, 3.63) is 45.7 Å². The number of H-pyrrole nitrogens is 1. The maximum absolute atomic E-state index is 13.1. The molecule has 1 aromatic heterocycles. The molecule has 1 aromatic carbocycles. The Morgan fingerprint density at radius 1 is 1.18 bits per heavy atom. The first-order valence-electron chi connectivity index (χ1n) is 11.7. The molecule has 1 saturated heterocycles. The number of aromatic nitrogens is 2. The number of ether oxygens (including phenoxy) is 1. The van der Waals surface area contributed by atoms with E-state index in [0.717, 1.165) is 12.0 Å². The molecule has 0 bridgehead atoms. The number of para-hydroxylation sites is 1. The summed E-state index contributed by atoms with van der Waals surface area (Å²) >= 11 is 0. The predicted octanol–water partition coefficient (Wildman–Crippen LogP) is 2.18. The highest BCUT2D eigenvalue weighted by molar-refractivity contribution is 6.04. The van der Waals surface area contributed by atoms with Gasteiger partial charge in [-0.05, 0) is 37.8 Å².